The summed E-state index contributed by atoms with van der Waals surface area (Å²) in [4.78, 5) is 0. The van der Waals surface area contributed by atoms with Gasteiger partial charge in [-0.3, -0.25) is 0 Å². The first-order chi connectivity index (χ1) is 9.33. The molecule has 0 bridgehead atoms. The second-order valence-corrected chi connectivity index (χ2v) is 3.98. The Morgan fingerprint density at radius 3 is 2.42 bits per heavy atom. The number of para-hydroxylation sites is 1. The lowest BCUT2D eigenvalue weighted by atomic mass is 10.2. The van der Waals surface area contributed by atoms with Crippen LogP contribution in [0.3, 0.4) is 0 Å². The molecule has 19 heavy (non-hydrogen) atoms. The van der Waals surface area contributed by atoms with E-state index in [-0.39, 0.29) is 5.75 Å². The van der Waals surface area contributed by atoms with Crippen LogP contribution in [0.1, 0.15) is 11.9 Å². The monoisotopic (exact) mass is 258 g/mol. The minimum Gasteiger partial charge on any atom is -0.455 e. The summed E-state index contributed by atoms with van der Waals surface area (Å²) in [5.74, 6) is 0.284. The van der Waals surface area contributed by atoms with Gasteiger partial charge in [0.1, 0.15) is 18.3 Å². The molecule has 96 valence electrons. The fourth-order valence-electron chi connectivity index (χ4n) is 1.76. The molecule has 0 fully saturated rings. The highest BCUT2D eigenvalue weighted by atomic mass is 19.1. The minimum absolute atomic E-state index is 0.141. The van der Waals surface area contributed by atoms with Crippen molar-refractivity contribution < 1.29 is 18.6 Å². The number of ether oxygens (including phenoxy) is 3. The molecule has 3 rings (SSSR count). The molecular formula is C15H11FO3. The second kappa shape index (κ2) is 5.02. The van der Waals surface area contributed by atoms with Crippen molar-refractivity contribution in [2.24, 2.45) is 0 Å². The molecule has 4 heteroatoms. The Hall–Kier alpha value is -2.49. The van der Waals surface area contributed by atoms with Crippen molar-refractivity contribution in [3.8, 4) is 11.5 Å². The van der Waals surface area contributed by atoms with Crippen LogP contribution in [-0.2, 0) is 9.47 Å². The molecule has 0 saturated heterocycles. The normalized spacial score (nSPS) is 13.9. The van der Waals surface area contributed by atoms with Gasteiger partial charge in [0.15, 0.2) is 11.6 Å². The number of hydrogen-bond donors (Lipinski definition) is 0. The van der Waals surface area contributed by atoms with Gasteiger partial charge in [0.05, 0.1) is 0 Å². The first-order valence-electron chi connectivity index (χ1n) is 5.81. The molecule has 3 nitrogen and oxygen atoms in total. The summed E-state index contributed by atoms with van der Waals surface area (Å²) in [6.45, 7) is 0. The molecular weight excluding hydrogens is 247 g/mol. The average molecular weight is 258 g/mol. The maximum atomic E-state index is 13.7. The van der Waals surface area contributed by atoms with E-state index < -0.39 is 12.1 Å². The molecule has 0 N–H and O–H groups in total. The van der Waals surface area contributed by atoms with E-state index in [4.69, 9.17) is 14.2 Å². The lowest BCUT2D eigenvalue weighted by molar-refractivity contribution is -0.0247. The molecule has 1 aliphatic rings. The number of rotatable bonds is 3. The Morgan fingerprint density at radius 2 is 1.68 bits per heavy atom. The highest BCUT2D eigenvalue weighted by molar-refractivity contribution is 5.35. The van der Waals surface area contributed by atoms with E-state index in [1.165, 1.54) is 18.6 Å². The first-order valence-corrected chi connectivity index (χ1v) is 5.81. The molecule has 0 aliphatic carbocycles. The van der Waals surface area contributed by atoms with E-state index in [1.807, 2.05) is 18.2 Å². The van der Waals surface area contributed by atoms with Crippen molar-refractivity contribution in [1.29, 1.82) is 0 Å². The van der Waals surface area contributed by atoms with Gasteiger partial charge in [-0.1, -0.05) is 18.2 Å². The van der Waals surface area contributed by atoms with E-state index in [0.717, 1.165) is 0 Å². The lowest BCUT2D eigenvalue weighted by Crippen LogP contribution is -1.99. The Morgan fingerprint density at radius 1 is 0.947 bits per heavy atom. The molecule has 0 amide bonds. The lowest BCUT2D eigenvalue weighted by Gasteiger charge is -2.13. The molecule has 2 aromatic rings. The van der Waals surface area contributed by atoms with Gasteiger partial charge in [0.2, 0.25) is 0 Å². The van der Waals surface area contributed by atoms with Crippen molar-refractivity contribution in [2.75, 3.05) is 0 Å². The fourth-order valence-corrected chi connectivity index (χ4v) is 1.76. The van der Waals surface area contributed by atoms with Crippen LogP contribution in [0.25, 0.3) is 0 Å². The Labute approximate surface area is 109 Å². The number of halogens is 1. The van der Waals surface area contributed by atoms with Crippen LogP contribution < -0.4 is 4.74 Å². The molecule has 0 atom stereocenters. The van der Waals surface area contributed by atoms with E-state index in [9.17, 15) is 4.39 Å². The summed E-state index contributed by atoms with van der Waals surface area (Å²) in [5, 5.41) is 0. The zero-order chi connectivity index (χ0) is 13.1. The van der Waals surface area contributed by atoms with E-state index >= 15 is 0 Å². The van der Waals surface area contributed by atoms with E-state index in [2.05, 4.69) is 0 Å². The van der Waals surface area contributed by atoms with Crippen LogP contribution in [0, 0.1) is 5.82 Å². The summed E-state index contributed by atoms with van der Waals surface area (Å²) >= 11 is 0. The van der Waals surface area contributed by atoms with Crippen LogP contribution in [0.5, 0.6) is 11.5 Å². The highest BCUT2D eigenvalue weighted by Crippen LogP contribution is 2.30. The minimum atomic E-state index is -0.543. The molecule has 1 aliphatic heterocycles. The van der Waals surface area contributed by atoms with Crippen LogP contribution in [0.15, 0.2) is 61.1 Å². The quantitative estimate of drug-likeness (QED) is 0.828. The molecule has 0 unspecified atom stereocenters. The van der Waals surface area contributed by atoms with Gasteiger partial charge in [-0.05, 0) is 30.3 Å². The zero-order valence-electron chi connectivity index (χ0n) is 9.95. The third kappa shape index (κ3) is 2.52. The van der Waals surface area contributed by atoms with Gasteiger partial charge in [-0.25, -0.2) is 4.39 Å². The smallest absolute Gasteiger partial charge is 0.266 e. The third-order valence-corrected chi connectivity index (χ3v) is 2.66. The van der Waals surface area contributed by atoms with Crippen molar-refractivity contribution >= 4 is 0 Å². The summed E-state index contributed by atoms with van der Waals surface area (Å²) in [6, 6.07) is 13.5. The maximum Gasteiger partial charge on any atom is 0.266 e. The summed E-state index contributed by atoms with van der Waals surface area (Å²) in [7, 11) is 0. The van der Waals surface area contributed by atoms with E-state index in [0.29, 0.717) is 11.3 Å². The topological polar surface area (TPSA) is 27.7 Å². The molecule has 0 aromatic heterocycles. The summed E-state index contributed by atoms with van der Waals surface area (Å²) in [6.07, 6.45) is 2.36. The maximum absolute atomic E-state index is 13.7. The SMILES string of the molecule is Fc1ccc(C2OC=CO2)cc1Oc1ccccc1. The standard InChI is InChI=1S/C15H11FO3/c16-13-7-6-11(15-17-8-9-18-15)10-14(13)19-12-4-2-1-3-5-12/h1-10,15H. The van der Waals surface area contributed by atoms with Crippen LogP contribution >= 0.6 is 0 Å². The van der Waals surface area contributed by atoms with Gasteiger partial charge in [0.25, 0.3) is 6.29 Å². The van der Waals surface area contributed by atoms with Crippen molar-refractivity contribution in [3.63, 3.8) is 0 Å². The Kier molecular flexibility index (Phi) is 3.06. The largest absolute Gasteiger partial charge is 0.455 e. The second-order valence-electron chi connectivity index (χ2n) is 3.98. The van der Waals surface area contributed by atoms with Crippen molar-refractivity contribution in [3.05, 3.63) is 72.4 Å². The third-order valence-electron chi connectivity index (χ3n) is 2.66. The van der Waals surface area contributed by atoms with Crippen LogP contribution in [-0.4, -0.2) is 0 Å². The van der Waals surface area contributed by atoms with Crippen molar-refractivity contribution in [1.82, 2.24) is 0 Å². The van der Waals surface area contributed by atoms with Crippen molar-refractivity contribution in [2.45, 2.75) is 6.29 Å². The Bertz CT molecular complexity index is 588. The van der Waals surface area contributed by atoms with Gasteiger partial charge in [0, 0.05) is 5.56 Å². The molecule has 0 radical (unpaired) electrons. The van der Waals surface area contributed by atoms with Crippen LogP contribution in [0.2, 0.25) is 0 Å². The molecule has 0 spiro atoms. The predicted octanol–water partition coefficient (Wildman–Crippen LogP) is 4.13. The van der Waals surface area contributed by atoms with Gasteiger partial charge in [-0.2, -0.15) is 0 Å². The number of hydrogen-bond acceptors (Lipinski definition) is 3. The van der Waals surface area contributed by atoms with E-state index in [1.54, 1.807) is 24.3 Å². The first kappa shape index (κ1) is 11.6. The summed E-state index contributed by atoms with van der Waals surface area (Å²) in [5.41, 5.74) is 0.692. The van der Waals surface area contributed by atoms with Crippen LogP contribution in [0.4, 0.5) is 4.39 Å². The highest BCUT2D eigenvalue weighted by Gasteiger charge is 2.18. The number of benzene rings is 2. The summed E-state index contributed by atoms with van der Waals surface area (Å²) < 4.78 is 29.6. The molecule has 2 aromatic carbocycles. The molecule has 1 heterocycles. The van der Waals surface area contributed by atoms with Gasteiger partial charge < -0.3 is 14.2 Å². The van der Waals surface area contributed by atoms with Gasteiger partial charge >= 0.3 is 0 Å². The fraction of sp³-hybridized carbons (Fsp3) is 0.0667. The Balaban J connectivity index is 1.86. The zero-order valence-corrected chi connectivity index (χ0v) is 9.95. The van der Waals surface area contributed by atoms with Gasteiger partial charge in [-0.15, -0.1) is 0 Å². The molecule has 0 saturated carbocycles. The average Bonchev–Trinajstić information content (AvgIpc) is 2.96. The predicted molar refractivity (Wildman–Crippen MR) is 67.0 cm³/mol.